The number of ether oxygens (including phenoxy) is 1. The molecule has 6 heteroatoms. The Morgan fingerprint density at radius 3 is 2.71 bits per heavy atom. The molecular weight excluding hydrogens is 304 g/mol. The van der Waals surface area contributed by atoms with Crippen LogP contribution >= 0.6 is 0 Å². The van der Waals surface area contributed by atoms with Crippen molar-refractivity contribution in [3.05, 3.63) is 35.3 Å². The highest BCUT2D eigenvalue weighted by Gasteiger charge is 2.20. The summed E-state index contributed by atoms with van der Waals surface area (Å²) in [5, 5.41) is 15.8. The van der Waals surface area contributed by atoms with Crippen LogP contribution in [0.3, 0.4) is 0 Å². The van der Waals surface area contributed by atoms with Crippen molar-refractivity contribution in [2.24, 2.45) is 0 Å². The Hall–Kier alpha value is -2.18. The Kier molecular flexibility index (Phi) is 4.19. The summed E-state index contributed by atoms with van der Waals surface area (Å²) in [7, 11) is 1.62. The largest absolute Gasteiger partial charge is 0.389 e. The van der Waals surface area contributed by atoms with Crippen molar-refractivity contribution < 1.29 is 9.84 Å². The van der Waals surface area contributed by atoms with Gasteiger partial charge in [-0.2, -0.15) is 5.10 Å². The van der Waals surface area contributed by atoms with Crippen LogP contribution in [0.4, 0.5) is 0 Å². The second-order valence-electron chi connectivity index (χ2n) is 6.89. The molecule has 0 aliphatic carbocycles. The van der Waals surface area contributed by atoms with E-state index in [-0.39, 0.29) is 0 Å². The van der Waals surface area contributed by atoms with Gasteiger partial charge in [0, 0.05) is 29.3 Å². The molecule has 0 atom stereocenters. The lowest BCUT2D eigenvalue weighted by Gasteiger charge is -2.18. The molecule has 0 unspecified atom stereocenters. The molecule has 0 fully saturated rings. The van der Waals surface area contributed by atoms with Crippen LogP contribution in [0.1, 0.15) is 30.9 Å². The van der Waals surface area contributed by atoms with Crippen LogP contribution < -0.4 is 0 Å². The summed E-state index contributed by atoms with van der Waals surface area (Å²) >= 11 is 0. The molecule has 0 saturated carbocycles. The lowest BCUT2D eigenvalue weighted by atomic mass is 10.1. The number of methoxy groups -OCH3 is 1. The number of hydrogen-bond donors (Lipinski definition) is 2. The first-order valence-electron chi connectivity index (χ1n) is 8.03. The molecule has 0 aliphatic heterocycles. The molecule has 6 nitrogen and oxygen atoms in total. The monoisotopic (exact) mass is 328 g/mol. The van der Waals surface area contributed by atoms with E-state index in [0.717, 1.165) is 16.9 Å². The quantitative estimate of drug-likeness (QED) is 0.755. The number of H-pyrrole nitrogens is 1. The smallest absolute Gasteiger partial charge is 0.176 e. The Bertz CT molecular complexity index is 871. The lowest BCUT2D eigenvalue weighted by Crippen LogP contribution is -2.27. The van der Waals surface area contributed by atoms with Crippen LogP contribution in [-0.2, 0) is 17.9 Å². The highest BCUT2D eigenvalue weighted by atomic mass is 16.5. The van der Waals surface area contributed by atoms with Crippen molar-refractivity contribution in [2.45, 2.75) is 46.4 Å². The minimum Gasteiger partial charge on any atom is -0.389 e. The lowest BCUT2D eigenvalue weighted by molar-refractivity contribution is 0.0578. The SMILES string of the molecule is COCc1nc(-c2ccc3[nH]c(C)c(C)c3c2)n(CC(C)(C)O)n1. The number of nitrogens with zero attached hydrogens (tertiary/aromatic N) is 3. The number of hydrogen-bond acceptors (Lipinski definition) is 4. The third-order valence-corrected chi connectivity index (χ3v) is 4.09. The number of aromatic nitrogens is 4. The van der Waals surface area contributed by atoms with Gasteiger partial charge in [0.15, 0.2) is 11.6 Å². The topological polar surface area (TPSA) is 76.0 Å². The fourth-order valence-corrected chi connectivity index (χ4v) is 2.87. The van der Waals surface area contributed by atoms with Crippen LogP contribution in [0.25, 0.3) is 22.3 Å². The third kappa shape index (κ3) is 3.20. The first kappa shape index (κ1) is 16.7. The normalized spacial score (nSPS) is 12.2. The Morgan fingerprint density at radius 2 is 2.04 bits per heavy atom. The van der Waals surface area contributed by atoms with Crippen LogP contribution in [0.5, 0.6) is 0 Å². The molecule has 1 aromatic carbocycles. The van der Waals surface area contributed by atoms with Crippen LogP contribution in [-0.4, -0.2) is 37.6 Å². The molecule has 3 aromatic rings. The van der Waals surface area contributed by atoms with E-state index in [9.17, 15) is 5.11 Å². The van der Waals surface area contributed by atoms with Crippen molar-refractivity contribution in [1.82, 2.24) is 19.7 Å². The van der Waals surface area contributed by atoms with Gasteiger partial charge in [-0.15, -0.1) is 0 Å². The number of benzene rings is 1. The molecule has 0 amide bonds. The Labute approximate surface area is 141 Å². The summed E-state index contributed by atoms with van der Waals surface area (Å²) < 4.78 is 6.90. The van der Waals surface area contributed by atoms with Gasteiger partial charge in [-0.05, 0) is 51.5 Å². The highest BCUT2D eigenvalue weighted by molar-refractivity contribution is 5.88. The van der Waals surface area contributed by atoms with Gasteiger partial charge < -0.3 is 14.8 Å². The van der Waals surface area contributed by atoms with E-state index in [1.165, 1.54) is 16.6 Å². The summed E-state index contributed by atoms with van der Waals surface area (Å²) in [6, 6.07) is 6.21. The maximum absolute atomic E-state index is 10.2. The van der Waals surface area contributed by atoms with Crippen molar-refractivity contribution in [1.29, 1.82) is 0 Å². The number of rotatable bonds is 5. The number of aryl methyl sites for hydroxylation is 2. The molecule has 0 saturated heterocycles. The van der Waals surface area contributed by atoms with Gasteiger partial charge in [0.05, 0.1) is 12.1 Å². The molecule has 128 valence electrons. The standard InChI is InChI=1S/C18H24N4O2/c1-11-12(2)19-15-7-6-13(8-14(11)15)17-20-16(9-24-5)21-22(17)10-18(3,4)23/h6-8,19,23H,9-10H2,1-5H3. The summed E-state index contributed by atoms with van der Waals surface area (Å²) in [5.74, 6) is 1.35. The molecule has 0 radical (unpaired) electrons. The number of nitrogens with one attached hydrogen (secondary N) is 1. The van der Waals surface area contributed by atoms with E-state index < -0.39 is 5.60 Å². The summed E-state index contributed by atoms with van der Waals surface area (Å²) in [5.41, 5.74) is 3.61. The van der Waals surface area contributed by atoms with E-state index >= 15 is 0 Å². The average Bonchev–Trinajstić information content (AvgIpc) is 2.99. The van der Waals surface area contributed by atoms with Gasteiger partial charge in [0.2, 0.25) is 0 Å². The fourth-order valence-electron chi connectivity index (χ4n) is 2.87. The van der Waals surface area contributed by atoms with E-state index in [4.69, 9.17) is 4.74 Å². The van der Waals surface area contributed by atoms with Crippen molar-refractivity contribution in [3.63, 3.8) is 0 Å². The van der Waals surface area contributed by atoms with E-state index in [0.29, 0.717) is 19.0 Å². The van der Waals surface area contributed by atoms with Gasteiger partial charge in [-0.1, -0.05) is 0 Å². The first-order valence-corrected chi connectivity index (χ1v) is 8.03. The molecule has 0 aliphatic rings. The zero-order chi connectivity index (χ0) is 17.5. The molecule has 24 heavy (non-hydrogen) atoms. The molecule has 3 rings (SSSR count). The molecule has 2 heterocycles. The van der Waals surface area contributed by atoms with Gasteiger partial charge in [0.25, 0.3) is 0 Å². The number of aliphatic hydroxyl groups is 1. The zero-order valence-corrected chi connectivity index (χ0v) is 14.8. The van der Waals surface area contributed by atoms with E-state index in [1.807, 2.05) is 6.07 Å². The highest BCUT2D eigenvalue weighted by Crippen LogP contribution is 2.27. The minimum atomic E-state index is -0.877. The third-order valence-electron chi connectivity index (χ3n) is 4.09. The average molecular weight is 328 g/mol. The summed E-state index contributed by atoms with van der Waals surface area (Å²) in [4.78, 5) is 7.98. The molecule has 0 bridgehead atoms. The van der Waals surface area contributed by atoms with E-state index in [2.05, 4.69) is 41.0 Å². The zero-order valence-electron chi connectivity index (χ0n) is 14.8. The predicted octanol–water partition coefficient (Wildman–Crippen LogP) is 2.96. The molecule has 0 spiro atoms. The van der Waals surface area contributed by atoms with Crippen molar-refractivity contribution >= 4 is 10.9 Å². The van der Waals surface area contributed by atoms with Crippen molar-refractivity contribution in [2.75, 3.05) is 7.11 Å². The van der Waals surface area contributed by atoms with E-state index in [1.54, 1.807) is 25.6 Å². The maximum atomic E-state index is 10.2. The van der Waals surface area contributed by atoms with Crippen molar-refractivity contribution in [3.8, 4) is 11.4 Å². The second-order valence-corrected chi connectivity index (χ2v) is 6.89. The molecule has 2 aromatic heterocycles. The fraction of sp³-hybridized carbons (Fsp3) is 0.444. The predicted molar refractivity (Wildman–Crippen MR) is 93.8 cm³/mol. The van der Waals surface area contributed by atoms with Gasteiger partial charge in [-0.3, -0.25) is 0 Å². The second kappa shape index (κ2) is 6.03. The number of aromatic amines is 1. The maximum Gasteiger partial charge on any atom is 0.176 e. The Balaban J connectivity index is 2.11. The van der Waals surface area contributed by atoms with Gasteiger partial charge in [0.1, 0.15) is 6.61 Å². The minimum absolute atomic E-state index is 0.344. The van der Waals surface area contributed by atoms with Crippen LogP contribution in [0, 0.1) is 13.8 Å². The number of fused-ring (bicyclic) bond motifs is 1. The summed E-state index contributed by atoms with van der Waals surface area (Å²) in [6.07, 6.45) is 0. The first-order chi connectivity index (χ1) is 11.3. The van der Waals surface area contributed by atoms with Gasteiger partial charge >= 0.3 is 0 Å². The molecular formula is C18H24N4O2. The summed E-state index contributed by atoms with van der Waals surface area (Å²) in [6.45, 7) is 8.41. The molecule has 2 N–H and O–H groups in total. The van der Waals surface area contributed by atoms with Gasteiger partial charge in [-0.25, -0.2) is 9.67 Å². The van der Waals surface area contributed by atoms with Crippen LogP contribution in [0.15, 0.2) is 18.2 Å². The Morgan fingerprint density at radius 1 is 1.29 bits per heavy atom. The van der Waals surface area contributed by atoms with Crippen LogP contribution in [0.2, 0.25) is 0 Å².